The molecule has 3 aromatic rings. The first-order valence-corrected chi connectivity index (χ1v) is 11.5. The summed E-state index contributed by atoms with van der Waals surface area (Å²) < 4.78 is 32.6. The fourth-order valence-corrected chi connectivity index (χ4v) is 4.65. The van der Waals surface area contributed by atoms with Gasteiger partial charge in [0, 0.05) is 12.2 Å². The number of hydrogen-bond donors (Lipinski definition) is 1. The Balaban J connectivity index is 1.70. The molecular weight excluding hydrogens is 428 g/mol. The number of aryl methyl sites for hydroxylation is 1. The molecule has 0 fully saturated rings. The van der Waals surface area contributed by atoms with Crippen molar-refractivity contribution in [3.8, 4) is 0 Å². The van der Waals surface area contributed by atoms with Crippen molar-refractivity contribution in [2.45, 2.75) is 18.7 Å². The van der Waals surface area contributed by atoms with Gasteiger partial charge >= 0.3 is 5.97 Å². The van der Waals surface area contributed by atoms with Gasteiger partial charge in [0.25, 0.3) is 15.9 Å². The maximum atomic E-state index is 13.1. The average Bonchev–Trinajstić information content (AvgIpc) is 2.78. The fourth-order valence-electron chi connectivity index (χ4n) is 3.13. The minimum Gasteiger partial charge on any atom is -0.452 e. The van der Waals surface area contributed by atoms with Gasteiger partial charge < -0.3 is 10.1 Å². The van der Waals surface area contributed by atoms with Crippen LogP contribution in [0, 0.1) is 6.92 Å². The van der Waals surface area contributed by atoms with E-state index < -0.39 is 28.5 Å². The number of para-hydroxylation sites is 1. The topological polar surface area (TPSA) is 92.8 Å². The van der Waals surface area contributed by atoms with E-state index in [-0.39, 0.29) is 17.0 Å². The highest BCUT2D eigenvalue weighted by Gasteiger charge is 2.24. The summed E-state index contributed by atoms with van der Waals surface area (Å²) in [5.74, 6) is -1.28. The smallest absolute Gasteiger partial charge is 0.338 e. The van der Waals surface area contributed by atoms with Crippen LogP contribution in [-0.4, -0.2) is 33.4 Å². The number of carbonyl (C=O) groups excluding carboxylic acids is 2. The van der Waals surface area contributed by atoms with Crippen LogP contribution in [0.25, 0.3) is 0 Å². The lowest BCUT2D eigenvalue weighted by Crippen LogP contribution is -2.30. The summed E-state index contributed by atoms with van der Waals surface area (Å²) >= 11 is 0. The van der Waals surface area contributed by atoms with Gasteiger partial charge in [-0.15, -0.1) is 0 Å². The van der Waals surface area contributed by atoms with Gasteiger partial charge in [-0.25, -0.2) is 13.2 Å². The van der Waals surface area contributed by atoms with E-state index >= 15 is 0 Å². The van der Waals surface area contributed by atoms with Crippen molar-refractivity contribution in [2.75, 3.05) is 22.8 Å². The first kappa shape index (κ1) is 23.0. The third-order valence-electron chi connectivity index (χ3n) is 4.63. The molecular formula is C24H24N2O5S. The third kappa shape index (κ3) is 5.53. The van der Waals surface area contributed by atoms with Crippen molar-refractivity contribution in [1.82, 2.24) is 0 Å². The van der Waals surface area contributed by atoms with E-state index in [1.165, 1.54) is 28.6 Å². The molecule has 0 bridgehead atoms. The Kier molecular flexibility index (Phi) is 7.27. The second-order valence-electron chi connectivity index (χ2n) is 7.03. The Morgan fingerprint density at radius 3 is 2.34 bits per heavy atom. The van der Waals surface area contributed by atoms with E-state index in [1.54, 1.807) is 55.5 Å². The Labute approximate surface area is 187 Å². The van der Waals surface area contributed by atoms with Crippen LogP contribution in [0.5, 0.6) is 0 Å². The molecule has 8 heteroatoms. The minimum absolute atomic E-state index is 0.0399. The number of esters is 1. The zero-order valence-corrected chi connectivity index (χ0v) is 18.6. The summed E-state index contributed by atoms with van der Waals surface area (Å²) in [6.45, 7) is 3.36. The van der Waals surface area contributed by atoms with E-state index in [0.717, 1.165) is 5.56 Å². The molecule has 0 aromatic heterocycles. The number of anilines is 2. The third-order valence-corrected chi connectivity index (χ3v) is 6.52. The van der Waals surface area contributed by atoms with Gasteiger partial charge in [0.15, 0.2) is 6.61 Å². The first-order valence-electron chi connectivity index (χ1n) is 10.0. The van der Waals surface area contributed by atoms with Crippen molar-refractivity contribution in [2.24, 2.45) is 0 Å². The number of nitrogens with one attached hydrogen (secondary N) is 1. The molecule has 3 rings (SSSR count). The van der Waals surface area contributed by atoms with E-state index in [2.05, 4.69) is 5.32 Å². The van der Waals surface area contributed by atoms with Crippen molar-refractivity contribution < 1.29 is 22.7 Å². The molecule has 1 amide bonds. The number of rotatable bonds is 8. The van der Waals surface area contributed by atoms with Crippen LogP contribution in [0.2, 0.25) is 0 Å². The zero-order valence-electron chi connectivity index (χ0n) is 17.8. The summed E-state index contributed by atoms with van der Waals surface area (Å²) in [6.07, 6.45) is 0. The Morgan fingerprint density at radius 2 is 1.66 bits per heavy atom. The van der Waals surface area contributed by atoms with Gasteiger partial charge in [-0.05, 0) is 61.9 Å². The first-order chi connectivity index (χ1) is 15.3. The lowest BCUT2D eigenvalue weighted by atomic mass is 10.2. The van der Waals surface area contributed by atoms with Crippen molar-refractivity contribution in [3.63, 3.8) is 0 Å². The Morgan fingerprint density at radius 1 is 0.938 bits per heavy atom. The molecule has 0 unspecified atom stereocenters. The molecule has 3 aromatic carbocycles. The normalized spacial score (nSPS) is 10.9. The van der Waals surface area contributed by atoms with Crippen LogP contribution >= 0.6 is 0 Å². The predicted molar refractivity (Wildman–Crippen MR) is 123 cm³/mol. The highest BCUT2D eigenvalue weighted by Crippen LogP contribution is 2.24. The minimum atomic E-state index is -3.89. The quantitative estimate of drug-likeness (QED) is 0.522. The molecule has 32 heavy (non-hydrogen) atoms. The summed E-state index contributed by atoms with van der Waals surface area (Å²) in [6, 6.07) is 21.5. The second kappa shape index (κ2) is 10.1. The average molecular weight is 453 g/mol. The summed E-state index contributed by atoms with van der Waals surface area (Å²) in [4.78, 5) is 24.5. The van der Waals surface area contributed by atoms with Crippen molar-refractivity contribution in [1.29, 1.82) is 0 Å². The summed E-state index contributed by atoms with van der Waals surface area (Å²) in [5, 5.41) is 2.65. The van der Waals surface area contributed by atoms with Crippen LogP contribution in [0.3, 0.4) is 0 Å². The predicted octanol–water partition coefficient (Wildman–Crippen LogP) is 4.01. The van der Waals surface area contributed by atoms with Gasteiger partial charge in [-0.1, -0.05) is 36.4 Å². The number of carbonyl (C=O) groups is 2. The maximum absolute atomic E-state index is 13.1. The molecule has 0 saturated heterocycles. The molecule has 7 nitrogen and oxygen atoms in total. The standard InChI is InChI=1S/C24H24N2O5S/c1-3-26(21-12-5-4-6-13-21)32(29,30)22-14-8-10-19(16-22)24(28)31-17-23(27)25-20-11-7-9-18(2)15-20/h4-16H,3,17H2,1-2H3,(H,25,27). The monoisotopic (exact) mass is 452 g/mol. The number of ether oxygens (including phenoxy) is 1. The van der Waals surface area contributed by atoms with Gasteiger partial charge in [0.05, 0.1) is 16.1 Å². The van der Waals surface area contributed by atoms with E-state index in [4.69, 9.17) is 4.74 Å². The van der Waals surface area contributed by atoms with Crippen molar-refractivity contribution in [3.05, 3.63) is 90.0 Å². The highest BCUT2D eigenvalue weighted by atomic mass is 32.2. The zero-order chi connectivity index (χ0) is 23.1. The number of sulfonamides is 1. The van der Waals surface area contributed by atoms with E-state index in [0.29, 0.717) is 11.4 Å². The maximum Gasteiger partial charge on any atom is 0.338 e. The lowest BCUT2D eigenvalue weighted by Gasteiger charge is -2.23. The molecule has 1 N–H and O–H groups in total. The summed E-state index contributed by atoms with van der Waals surface area (Å²) in [5.41, 5.74) is 2.14. The van der Waals surface area contributed by atoms with Gasteiger partial charge in [-0.3, -0.25) is 9.10 Å². The molecule has 0 aliphatic rings. The number of hydrogen-bond acceptors (Lipinski definition) is 5. The van der Waals surface area contributed by atoms with Crippen molar-refractivity contribution >= 4 is 33.3 Å². The Hall–Kier alpha value is -3.65. The van der Waals surface area contributed by atoms with Crippen LogP contribution in [0.1, 0.15) is 22.8 Å². The van der Waals surface area contributed by atoms with Gasteiger partial charge in [0.1, 0.15) is 0 Å². The molecule has 0 heterocycles. The molecule has 0 atom stereocenters. The largest absolute Gasteiger partial charge is 0.452 e. The molecule has 166 valence electrons. The molecule has 0 aliphatic carbocycles. The SMILES string of the molecule is CCN(c1ccccc1)S(=O)(=O)c1cccc(C(=O)OCC(=O)Nc2cccc(C)c2)c1. The van der Waals surface area contributed by atoms with Gasteiger partial charge in [0.2, 0.25) is 0 Å². The highest BCUT2D eigenvalue weighted by molar-refractivity contribution is 7.92. The van der Waals surface area contributed by atoms with Crippen LogP contribution in [-0.2, 0) is 19.6 Å². The second-order valence-corrected chi connectivity index (χ2v) is 8.89. The summed E-state index contributed by atoms with van der Waals surface area (Å²) in [7, 11) is -3.89. The van der Waals surface area contributed by atoms with Crippen LogP contribution in [0.4, 0.5) is 11.4 Å². The van der Waals surface area contributed by atoms with E-state index in [1.807, 2.05) is 13.0 Å². The molecule has 0 spiro atoms. The van der Waals surface area contributed by atoms with Gasteiger partial charge in [-0.2, -0.15) is 0 Å². The fraction of sp³-hybridized carbons (Fsp3) is 0.167. The van der Waals surface area contributed by atoms with E-state index in [9.17, 15) is 18.0 Å². The van der Waals surface area contributed by atoms with Crippen LogP contribution < -0.4 is 9.62 Å². The van der Waals surface area contributed by atoms with Crippen LogP contribution in [0.15, 0.2) is 83.8 Å². The number of benzene rings is 3. The molecule has 0 aliphatic heterocycles. The number of amides is 1. The Bertz CT molecular complexity index is 1210. The lowest BCUT2D eigenvalue weighted by molar-refractivity contribution is -0.119. The number of nitrogens with zero attached hydrogens (tertiary/aromatic N) is 1. The molecule has 0 radical (unpaired) electrons. The molecule has 0 saturated carbocycles.